The fraction of sp³-hybridized carbons (Fsp3) is 0.500. The molecule has 1 N–H and O–H groups in total. The highest BCUT2D eigenvalue weighted by atomic mass is 32.1. The summed E-state index contributed by atoms with van der Waals surface area (Å²) in [6.07, 6.45) is 5.00. The third kappa shape index (κ3) is 4.78. The van der Waals surface area contributed by atoms with Gasteiger partial charge in [0.05, 0.1) is 5.56 Å². The normalized spacial score (nSPS) is 21.6. The van der Waals surface area contributed by atoms with Crippen molar-refractivity contribution in [1.82, 2.24) is 9.80 Å². The molecule has 2 aromatic rings. The summed E-state index contributed by atoms with van der Waals surface area (Å²) in [5.41, 5.74) is 3.02. The van der Waals surface area contributed by atoms with E-state index in [0.717, 1.165) is 32.6 Å². The van der Waals surface area contributed by atoms with Crippen LogP contribution in [0.2, 0.25) is 0 Å². The second kappa shape index (κ2) is 8.55. The molecular formula is C22H28N2O2S. The second-order valence-electron chi connectivity index (χ2n) is 7.91. The molecule has 144 valence electrons. The number of rotatable bonds is 6. The Labute approximate surface area is 165 Å². The SMILES string of the molecule is O=C(O)c1cccc([C@H]2CCCN(Cc3cc(CN4CCCC4)cs3)C2)c1. The molecule has 2 aliphatic rings. The molecule has 0 radical (unpaired) electrons. The molecule has 4 nitrogen and oxygen atoms in total. The van der Waals surface area contributed by atoms with E-state index in [0.29, 0.717) is 11.5 Å². The molecule has 4 rings (SSSR count). The average molecular weight is 385 g/mol. The van der Waals surface area contributed by atoms with Crippen molar-refractivity contribution in [3.05, 3.63) is 57.3 Å². The van der Waals surface area contributed by atoms with Crippen LogP contribution in [0.4, 0.5) is 0 Å². The molecular weight excluding hydrogens is 356 g/mol. The van der Waals surface area contributed by atoms with E-state index < -0.39 is 5.97 Å². The zero-order valence-corrected chi connectivity index (χ0v) is 16.6. The summed E-state index contributed by atoms with van der Waals surface area (Å²) in [4.78, 5) is 17.8. The molecule has 1 aromatic heterocycles. The van der Waals surface area contributed by atoms with Crippen LogP contribution < -0.4 is 0 Å². The van der Waals surface area contributed by atoms with Crippen LogP contribution in [0.15, 0.2) is 35.7 Å². The van der Waals surface area contributed by atoms with Gasteiger partial charge in [-0.05, 0) is 85.9 Å². The molecule has 2 aliphatic heterocycles. The van der Waals surface area contributed by atoms with Gasteiger partial charge in [0.25, 0.3) is 0 Å². The third-order valence-corrected chi connectivity index (χ3v) is 6.77. The predicted octanol–water partition coefficient (Wildman–Crippen LogP) is 4.42. The lowest BCUT2D eigenvalue weighted by Gasteiger charge is -2.32. The number of carboxylic acids is 1. The van der Waals surface area contributed by atoms with E-state index in [9.17, 15) is 9.90 Å². The van der Waals surface area contributed by atoms with Crippen molar-refractivity contribution in [2.24, 2.45) is 0 Å². The summed E-state index contributed by atoms with van der Waals surface area (Å²) in [6, 6.07) is 9.88. The highest BCUT2D eigenvalue weighted by Gasteiger charge is 2.22. The lowest BCUT2D eigenvalue weighted by Crippen LogP contribution is -2.33. The van der Waals surface area contributed by atoms with E-state index in [1.165, 1.54) is 48.4 Å². The van der Waals surface area contributed by atoms with Gasteiger partial charge in [0.15, 0.2) is 0 Å². The number of nitrogens with zero attached hydrogens (tertiary/aromatic N) is 2. The number of thiophene rings is 1. The molecule has 1 atom stereocenters. The minimum atomic E-state index is -0.839. The van der Waals surface area contributed by atoms with Crippen LogP contribution in [0, 0.1) is 0 Å². The van der Waals surface area contributed by atoms with Gasteiger partial charge in [0.2, 0.25) is 0 Å². The Bertz CT molecular complexity index is 782. The number of aromatic carboxylic acids is 1. The number of likely N-dealkylation sites (tertiary alicyclic amines) is 2. The number of piperidine rings is 1. The Morgan fingerprint density at radius 2 is 1.89 bits per heavy atom. The van der Waals surface area contributed by atoms with Crippen molar-refractivity contribution in [1.29, 1.82) is 0 Å². The zero-order valence-electron chi connectivity index (χ0n) is 15.8. The van der Waals surface area contributed by atoms with Gasteiger partial charge >= 0.3 is 5.97 Å². The summed E-state index contributed by atoms with van der Waals surface area (Å²) in [5, 5.41) is 11.6. The molecule has 2 fully saturated rings. The van der Waals surface area contributed by atoms with Crippen molar-refractivity contribution < 1.29 is 9.90 Å². The van der Waals surface area contributed by atoms with Gasteiger partial charge in [-0.3, -0.25) is 9.80 Å². The molecule has 1 aromatic carbocycles. The van der Waals surface area contributed by atoms with Crippen LogP contribution in [0.1, 0.15) is 58.0 Å². The topological polar surface area (TPSA) is 43.8 Å². The molecule has 0 aliphatic carbocycles. The quantitative estimate of drug-likeness (QED) is 0.801. The molecule has 2 saturated heterocycles. The first-order valence-corrected chi connectivity index (χ1v) is 10.9. The minimum Gasteiger partial charge on any atom is -0.478 e. The minimum absolute atomic E-state index is 0.398. The van der Waals surface area contributed by atoms with E-state index in [4.69, 9.17) is 0 Å². The lowest BCUT2D eigenvalue weighted by molar-refractivity contribution is 0.0696. The van der Waals surface area contributed by atoms with Gasteiger partial charge in [0.1, 0.15) is 0 Å². The highest BCUT2D eigenvalue weighted by Crippen LogP contribution is 2.29. The van der Waals surface area contributed by atoms with Gasteiger partial charge in [0, 0.05) is 24.5 Å². The van der Waals surface area contributed by atoms with E-state index in [-0.39, 0.29) is 0 Å². The fourth-order valence-corrected chi connectivity index (χ4v) is 5.33. The van der Waals surface area contributed by atoms with Crippen LogP contribution in [-0.4, -0.2) is 47.1 Å². The maximum atomic E-state index is 11.3. The van der Waals surface area contributed by atoms with Gasteiger partial charge < -0.3 is 5.11 Å². The largest absolute Gasteiger partial charge is 0.478 e. The summed E-state index contributed by atoms with van der Waals surface area (Å²) in [7, 11) is 0. The average Bonchev–Trinajstić information content (AvgIpc) is 3.35. The molecule has 3 heterocycles. The van der Waals surface area contributed by atoms with Gasteiger partial charge in [-0.2, -0.15) is 0 Å². The summed E-state index contributed by atoms with van der Waals surface area (Å²) in [6.45, 7) is 6.75. The van der Waals surface area contributed by atoms with Crippen molar-refractivity contribution >= 4 is 17.3 Å². The van der Waals surface area contributed by atoms with Crippen molar-refractivity contribution in [3.63, 3.8) is 0 Å². The van der Waals surface area contributed by atoms with Crippen LogP contribution in [0.3, 0.4) is 0 Å². The van der Waals surface area contributed by atoms with Crippen molar-refractivity contribution in [2.75, 3.05) is 26.2 Å². The number of hydrogen-bond donors (Lipinski definition) is 1. The van der Waals surface area contributed by atoms with E-state index in [1.807, 2.05) is 23.5 Å². The Balaban J connectivity index is 1.36. The highest BCUT2D eigenvalue weighted by molar-refractivity contribution is 7.10. The molecule has 0 amide bonds. The maximum absolute atomic E-state index is 11.3. The predicted molar refractivity (Wildman–Crippen MR) is 109 cm³/mol. The standard InChI is InChI=1S/C22H28N2O2S/c25-22(26)19-6-3-5-18(12-19)20-7-4-10-24(14-20)15-21-11-17(16-27-21)13-23-8-1-2-9-23/h3,5-6,11-12,16,20H,1-2,4,7-10,13-15H2,(H,25,26)/t20-/m0/s1. The van der Waals surface area contributed by atoms with Crippen LogP contribution in [-0.2, 0) is 13.1 Å². The Kier molecular flexibility index (Phi) is 5.91. The smallest absolute Gasteiger partial charge is 0.335 e. The van der Waals surface area contributed by atoms with Crippen LogP contribution in [0.25, 0.3) is 0 Å². The number of benzene rings is 1. The lowest BCUT2D eigenvalue weighted by atomic mass is 9.89. The Morgan fingerprint density at radius 1 is 1.07 bits per heavy atom. The maximum Gasteiger partial charge on any atom is 0.335 e. The Morgan fingerprint density at radius 3 is 2.70 bits per heavy atom. The fourth-order valence-electron chi connectivity index (χ4n) is 4.41. The molecule has 0 spiro atoms. The van der Waals surface area contributed by atoms with Gasteiger partial charge in [-0.1, -0.05) is 12.1 Å². The zero-order chi connectivity index (χ0) is 18.6. The second-order valence-corrected chi connectivity index (χ2v) is 8.91. The van der Waals surface area contributed by atoms with Crippen LogP contribution >= 0.6 is 11.3 Å². The number of hydrogen-bond acceptors (Lipinski definition) is 4. The first-order chi connectivity index (χ1) is 13.2. The van der Waals surface area contributed by atoms with E-state index >= 15 is 0 Å². The van der Waals surface area contributed by atoms with Crippen LogP contribution in [0.5, 0.6) is 0 Å². The van der Waals surface area contributed by atoms with Gasteiger partial charge in [-0.25, -0.2) is 4.79 Å². The summed E-state index contributed by atoms with van der Waals surface area (Å²) >= 11 is 1.88. The monoisotopic (exact) mass is 384 g/mol. The molecule has 5 heteroatoms. The molecule has 0 unspecified atom stereocenters. The summed E-state index contributed by atoms with van der Waals surface area (Å²) in [5.74, 6) is -0.407. The number of carboxylic acid groups (broad SMARTS) is 1. The Hall–Kier alpha value is -1.69. The van der Waals surface area contributed by atoms with E-state index in [1.54, 1.807) is 6.07 Å². The first kappa shape index (κ1) is 18.7. The third-order valence-electron chi connectivity index (χ3n) is 5.80. The van der Waals surface area contributed by atoms with E-state index in [2.05, 4.69) is 27.3 Å². The molecule has 27 heavy (non-hydrogen) atoms. The summed E-state index contributed by atoms with van der Waals surface area (Å²) < 4.78 is 0. The number of carbonyl (C=O) groups is 1. The van der Waals surface area contributed by atoms with Crippen molar-refractivity contribution in [3.8, 4) is 0 Å². The molecule has 0 saturated carbocycles. The van der Waals surface area contributed by atoms with Gasteiger partial charge in [-0.15, -0.1) is 11.3 Å². The van der Waals surface area contributed by atoms with Crippen molar-refractivity contribution in [2.45, 2.75) is 44.7 Å². The first-order valence-electron chi connectivity index (χ1n) is 10.0. The molecule has 0 bridgehead atoms.